The van der Waals surface area contributed by atoms with Crippen LogP contribution in [0.5, 0.6) is 11.5 Å². The molecule has 1 fully saturated rings. The highest BCUT2D eigenvalue weighted by Gasteiger charge is 2.40. The third kappa shape index (κ3) is 0.950. The zero-order valence-corrected chi connectivity index (χ0v) is 8.66. The normalized spacial score (nSPS) is 29.4. The Kier molecular flexibility index (Phi) is 1.48. The van der Waals surface area contributed by atoms with E-state index in [1.54, 1.807) is 0 Å². The van der Waals surface area contributed by atoms with E-state index in [1.807, 2.05) is 12.1 Å². The third-order valence-corrected chi connectivity index (χ3v) is 3.63. The summed E-state index contributed by atoms with van der Waals surface area (Å²) >= 11 is 0. The second-order valence-electron chi connectivity index (χ2n) is 4.49. The van der Waals surface area contributed by atoms with Crippen LogP contribution in [0.4, 0.5) is 0 Å². The molecule has 1 aromatic carbocycles. The van der Waals surface area contributed by atoms with Crippen LogP contribution in [-0.4, -0.2) is 12.6 Å². The molecule has 3 aliphatic rings. The zero-order chi connectivity index (χ0) is 10.7. The number of fused-ring (bicyclic) bond motifs is 6. The van der Waals surface area contributed by atoms with Crippen molar-refractivity contribution in [2.24, 2.45) is 0 Å². The van der Waals surface area contributed by atoms with Gasteiger partial charge in [0.25, 0.3) is 0 Å². The van der Waals surface area contributed by atoms with Crippen molar-refractivity contribution in [1.82, 2.24) is 5.32 Å². The Morgan fingerprint density at radius 3 is 2.75 bits per heavy atom. The Morgan fingerprint density at radius 1 is 1.19 bits per heavy atom. The average Bonchev–Trinajstić information content (AvgIpc) is 2.85. The summed E-state index contributed by atoms with van der Waals surface area (Å²) in [4.78, 5) is 11.8. The molecule has 0 radical (unpaired) electrons. The van der Waals surface area contributed by atoms with Crippen LogP contribution < -0.4 is 14.8 Å². The van der Waals surface area contributed by atoms with Crippen molar-refractivity contribution in [3.8, 4) is 11.5 Å². The van der Waals surface area contributed by atoms with Gasteiger partial charge in [-0.25, -0.2) is 0 Å². The van der Waals surface area contributed by atoms with Crippen LogP contribution in [0.1, 0.15) is 36.1 Å². The van der Waals surface area contributed by atoms with Gasteiger partial charge >= 0.3 is 0 Å². The number of rotatable bonds is 0. The van der Waals surface area contributed by atoms with E-state index in [4.69, 9.17) is 9.47 Å². The number of ketones is 1. The fraction of sp³-hybridized carbons (Fsp3) is 0.417. The third-order valence-electron chi connectivity index (χ3n) is 3.63. The minimum atomic E-state index is -0.122. The molecule has 4 heteroatoms. The minimum absolute atomic E-state index is 0.122. The predicted molar refractivity (Wildman–Crippen MR) is 55.4 cm³/mol. The standard InChI is InChI=1S/C12H11NO3/c14-9-2-1-8-6-3-10-11(16-5-15-10)4-7(6)12(9)13-8/h3-4,8,12-13H,1-2,5H2. The molecule has 0 amide bonds. The van der Waals surface area contributed by atoms with Crippen LogP contribution in [0.2, 0.25) is 0 Å². The van der Waals surface area contributed by atoms with Crippen molar-refractivity contribution >= 4 is 5.78 Å². The van der Waals surface area contributed by atoms with Crippen LogP contribution in [0, 0.1) is 0 Å². The van der Waals surface area contributed by atoms with Gasteiger partial charge in [0.15, 0.2) is 17.3 Å². The number of ether oxygens (including phenoxy) is 2. The number of hydrogen-bond acceptors (Lipinski definition) is 4. The highest BCUT2D eigenvalue weighted by atomic mass is 16.7. The molecule has 2 atom stereocenters. The number of carbonyl (C=O) groups excluding carboxylic acids is 1. The number of Topliss-reactive ketones (excluding diaryl/α,β-unsaturated/α-hetero) is 1. The van der Waals surface area contributed by atoms with Crippen molar-refractivity contribution in [2.75, 3.05) is 6.79 Å². The van der Waals surface area contributed by atoms with E-state index in [9.17, 15) is 4.79 Å². The quantitative estimate of drug-likeness (QED) is 0.714. The summed E-state index contributed by atoms with van der Waals surface area (Å²) in [6.45, 7) is 0.287. The molecule has 3 heterocycles. The van der Waals surface area contributed by atoms with Gasteiger partial charge in [-0.15, -0.1) is 0 Å². The molecule has 0 spiro atoms. The summed E-state index contributed by atoms with van der Waals surface area (Å²) in [5.74, 6) is 1.86. The van der Waals surface area contributed by atoms with Crippen molar-refractivity contribution < 1.29 is 14.3 Å². The zero-order valence-electron chi connectivity index (χ0n) is 8.66. The average molecular weight is 217 g/mol. The molecule has 1 N–H and O–H groups in total. The molecule has 2 unspecified atom stereocenters. The van der Waals surface area contributed by atoms with Gasteiger partial charge in [0.2, 0.25) is 6.79 Å². The first-order chi connectivity index (χ1) is 7.83. The highest BCUT2D eigenvalue weighted by molar-refractivity contribution is 5.88. The first kappa shape index (κ1) is 8.58. The summed E-state index contributed by atoms with van der Waals surface area (Å²) in [5.41, 5.74) is 2.29. The van der Waals surface area contributed by atoms with Crippen molar-refractivity contribution in [3.05, 3.63) is 23.3 Å². The van der Waals surface area contributed by atoms with E-state index >= 15 is 0 Å². The summed E-state index contributed by atoms with van der Waals surface area (Å²) < 4.78 is 10.7. The van der Waals surface area contributed by atoms with Gasteiger partial charge in [0.05, 0.1) is 6.04 Å². The minimum Gasteiger partial charge on any atom is -0.454 e. The van der Waals surface area contributed by atoms with Gasteiger partial charge in [-0.05, 0) is 29.7 Å². The summed E-state index contributed by atoms with van der Waals surface area (Å²) in [7, 11) is 0. The van der Waals surface area contributed by atoms with Gasteiger partial charge in [0, 0.05) is 12.5 Å². The van der Waals surface area contributed by atoms with Crippen molar-refractivity contribution in [3.63, 3.8) is 0 Å². The maximum absolute atomic E-state index is 11.8. The molecule has 1 aromatic rings. The molecule has 0 saturated carbocycles. The molecule has 0 aliphatic carbocycles. The van der Waals surface area contributed by atoms with Crippen LogP contribution in [0.15, 0.2) is 12.1 Å². The van der Waals surface area contributed by atoms with Gasteiger partial charge in [-0.3, -0.25) is 10.1 Å². The molecule has 1 saturated heterocycles. The van der Waals surface area contributed by atoms with E-state index in [0.717, 1.165) is 23.5 Å². The Morgan fingerprint density at radius 2 is 1.94 bits per heavy atom. The van der Waals surface area contributed by atoms with Crippen LogP contribution in [-0.2, 0) is 4.79 Å². The number of nitrogens with one attached hydrogen (secondary N) is 1. The molecule has 82 valence electrons. The lowest BCUT2D eigenvalue weighted by Crippen LogP contribution is -2.30. The molecular formula is C12H11NO3. The Balaban J connectivity index is 1.92. The Bertz CT molecular complexity index is 497. The second kappa shape index (κ2) is 2.77. The molecule has 2 bridgehead atoms. The first-order valence-corrected chi connectivity index (χ1v) is 5.55. The van der Waals surface area contributed by atoms with E-state index in [0.29, 0.717) is 12.5 Å². The number of benzene rings is 1. The van der Waals surface area contributed by atoms with Gasteiger partial charge < -0.3 is 9.47 Å². The number of hydrogen-bond donors (Lipinski definition) is 1. The lowest BCUT2D eigenvalue weighted by atomic mass is 10.0. The van der Waals surface area contributed by atoms with E-state index < -0.39 is 0 Å². The molecule has 4 rings (SSSR count). The monoisotopic (exact) mass is 217 g/mol. The van der Waals surface area contributed by atoms with Crippen molar-refractivity contribution in [1.29, 1.82) is 0 Å². The van der Waals surface area contributed by atoms with Gasteiger partial charge in [-0.2, -0.15) is 0 Å². The SMILES string of the molecule is O=C1CCC2NC1c1cc3c(cc12)OCO3. The molecule has 16 heavy (non-hydrogen) atoms. The maximum Gasteiger partial charge on any atom is 0.231 e. The van der Waals surface area contributed by atoms with Crippen molar-refractivity contribution in [2.45, 2.75) is 24.9 Å². The smallest absolute Gasteiger partial charge is 0.231 e. The number of piperidine rings is 1. The fourth-order valence-corrected chi connectivity index (χ4v) is 2.84. The van der Waals surface area contributed by atoms with E-state index in [2.05, 4.69) is 5.32 Å². The highest BCUT2D eigenvalue weighted by Crippen LogP contribution is 2.46. The molecule has 0 aromatic heterocycles. The van der Waals surface area contributed by atoms with Gasteiger partial charge in [-0.1, -0.05) is 0 Å². The molecule has 4 nitrogen and oxygen atoms in total. The maximum atomic E-state index is 11.8. The summed E-state index contributed by atoms with van der Waals surface area (Å²) in [5, 5.41) is 3.35. The Labute approximate surface area is 92.5 Å². The largest absolute Gasteiger partial charge is 0.454 e. The molecule has 3 aliphatic heterocycles. The number of carbonyl (C=O) groups is 1. The van der Waals surface area contributed by atoms with Crippen LogP contribution >= 0.6 is 0 Å². The molecular weight excluding hydrogens is 206 g/mol. The summed E-state index contributed by atoms with van der Waals surface area (Å²) in [6.07, 6.45) is 1.56. The lowest BCUT2D eigenvalue weighted by molar-refractivity contribution is -0.122. The fourth-order valence-electron chi connectivity index (χ4n) is 2.84. The Hall–Kier alpha value is -1.55. The second-order valence-corrected chi connectivity index (χ2v) is 4.49. The predicted octanol–water partition coefficient (Wildman–Crippen LogP) is 1.46. The lowest BCUT2D eigenvalue weighted by Gasteiger charge is -2.19. The summed E-state index contributed by atoms with van der Waals surface area (Å²) in [6, 6.07) is 4.17. The van der Waals surface area contributed by atoms with Crippen LogP contribution in [0.3, 0.4) is 0 Å². The van der Waals surface area contributed by atoms with E-state index in [1.165, 1.54) is 5.56 Å². The van der Waals surface area contributed by atoms with Gasteiger partial charge in [0.1, 0.15) is 0 Å². The topological polar surface area (TPSA) is 47.6 Å². The first-order valence-electron chi connectivity index (χ1n) is 5.55. The van der Waals surface area contributed by atoms with Crippen LogP contribution in [0.25, 0.3) is 0 Å². The van der Waals surface area contributed by atoms with E-state index in [-0.39, 0.29) is 18.6 Å².